The fraction of sp³-hybridized carbons (Fsp3) is 0.192. The molecule has 0 bridgehead atoms. The summed E-state index contributed by atoms with van der Waals surface area (Å²) in [6.45, 7) is 1.60. The minimum Gasteiger partial charge on any atom is -0.504 e. The van der Waals surface area contributed by atoms with Crippen LogP contribution in [0, 0.1) is 0 Å². The van der Waals surface area contributed by atoms with Crippen LogP contribution in [0.15, 0.2) is 70.6 Å². The quantitative estimate of drug-likeness (QED) is 0.0899. The van der Waals surface area contributed by atoms with Crippen molar-refractivity contribution in [3.63, 3.8) is 0 Å². The molecule has 43 heavy (non-hydrogen) atoms. The van der Waals surface area contributed by atoms with Gasteiger partial charge in [-0.05, 0) is 36.8 Å². The van der Waals surface area contributed by atoms with E-state index in [1.54, 1.807) is 19.3 Å². The predicted octanol–water partition coefficient (Wildman–Crippen LogP) is 1.52. The lowest BCUT2D eigenvalue weighted by atomic mass is 10.0. The van der Waals surface area contributed by atoms with Gasteiger partial charge in [-0.15, -0.1) is 23.1 Å². The summed E-state index contributed by atoms with van der Waals surface area (Å²) in [6.07, 6.45) is 1.71. The zero-order valence-electron chi connectivity index (χ0n) is 22.1. The zero-order valence-corrected chi connectivity index (χ0v) is 23.8. The third-order valence-corrected chi connectivity index (χ3v) is 8.07. The van der Waals surface area contributed by atoms with Crippen molar-refractivity contribution < 1.29 is 44.4 Å². The van der Waals surface area contributed by atoms with Crippen LogP contribution in [0.4, 0.5) is 5.13 Å². The number of hydrogen-bond acceptors (Lipinski definition) is 13. The number of thioether (sulfide) groups is 1. The standard InChI is InChI=1S/C21H19N5O9S2.C5H5N/c1-7-5-36-18-13(17(30)26(18)14(7)19(31)32)24-16(29)12(9-6-37-21(22)23-9)25-35-15(20(33)34)8-2-3-10(27)11(28)4-8;1-2-4-6-5-3-1/h2-4,6,13,15,18,27-28H,5H2,1H3,(H2,22,23)(H,24,29)(H,31,32)(H,33,34);1-5H/t13-,15?,18-;/m1./s1. The number of aromatic hydroxyl groups is 2. The molecule has 3 aromatic rings. The number of carbonyl (C=O) groups is 4. The van der Waals surface area contributed by atoms with Crippen LogP contribution in [0.1, 0.15) is 24.3 Å². The molecule has 3 atom stereocenters. The van der Waals surface area contributed by atoms with E-state index in [1.807, 2.05) is 18.2 Å². The predicted molar refractivity (Wildman–Crippen MR) is 154 cm³/mol. The van der Waals surface area contributed by atoms with Crippen LogP contribution in [0.25, 0.3) is 0 Å². The number of thiazole rings is 1. The lowest BCUT2D eigenvalue weighted by molar-refractivity contribution is -0.151. The number of nitrogens with one attached hydrogen (secondary N) is 1. The second-order valence-corrected chi connectivity index (χ2v) is 10.9. The van der Waals surface area contributed by atoms with E-state index in [-0.39, 0.29) is 22.1 Å². The highest BCUT2D eigenvalue weighted by molar-refractivity contribution is 8.00. The van der Waals surface area contributed by atoms with Gasteiger partial charge in [0.1, 0.15) is 22.8 Å². The number of amides is 2. The number of aliphatic carboxylic acids is 2. The lowest BCUT2D eigenvalue weighted by Crippen LogP contribution is -2.71. The van der Waals surface area contributed by atoms with Gasteiger partial charge in [-0.2, -0.15) is 0 Å². The number of anilines is 1. The summed E-state index contributed by atoms with van der Waals surface area (Å²) in [5.41, 5.74) is 5.41. The number of carboxylic acids is 2. The molecule has 2 aromatic heterocycles. The molecular formula is C26H24N6O9S2. The van der Waals surface area contributed by atoms with E-state index in [4.69, 9.17) is 10.6 Å². The SMILES string of the molecule is CC1=C(C(=O)O)N2C(=O)[C@@H](NC(=O)C(=NOC(C(=O)O)c3ccc(O)c(O)c3)c3csc(N)n3)[C@H]2SC1.c1ccncc1. The lowest BCUT2D eigenvalue weighted by Gasteiger charge is -2.49. The average Bonchev–Trinajstić information content (AvgIpc) is 3.41. The summed E-state index contributed by atoms with van der Waals surface area (Å²) in [7, 11) is 0. The summed E-state index contributed by atoms with van der Waals surface area (Å²) in [5, 5.41) is 45.2. The van der Waals surface area contributed by atoms with Crippen molar-refractivity contribution in [3.8, 4) is 11.5 Å². The van der Waals surface area contributed by atoms with E-state index >= 15 is 0 Å². The van der Waals surface area contributed by atoms with Crippen LogP contribution in [0.5, 0.6) is 11.5 Å². The normalized spacial score (nSPS) is 18.4. The van der Waals surface area contributed by atoms with Gasteiger partial charge < -0.3 is 36.3 Å². The maximum Gasteiger partial charge on any atom is 0.352 e. The van der Waals surface area contributed by atoms with Crippen LogP contribution in [0.3, 0.4) is 0 Å². The molecule has 1 unspecified atom stereocenters. The monoisotopic (exact) mass is 628 g/mol. The molecule has 2 amide bonds. The summed E-state index contributed by atoms with van der Waals surface area (Å²) in [4.78, 5) is 63.3. The third-order valence-electron chi connectivity index (χ3n) is 5.97. The van der Waals surface area contributed by atoms with Gasteiger partial charge in [0.15, 0.2) is 22.3 Å². The molecule has 2 aliphatic rings. The first-order valence-electron chi connectivity index (χ1n) is 12.2. The molecule has 0 spiro atoms. The number of β-lactam (4-membered cyclic amide) rings is 1. The second kappa shape index (κ2) is 13.2. The van der Waals surface area contributed by atoms with Crippen LogP contribution in [-0.4, -0.2) is 81.9 Å². The molecule has 224 valence electrons. The smallest absolute Gasteiger partial charge is 0.352 e. The summed E-state index contributed by atoms with van der Waals surface area (Å²) < 4.78 is 0. The molecule has 4 heterocycles. The van der Waals surface area contributed by atoms with Gasteiger partial charge in [-0.25, -0.2) is 14.6 Å². The molecule has 0 aliphatic carbocycles. The van der Waals surface area contributed by atoms with Gasteiger partial charge in [0, 0.05) is 29.1 Å². The second-order valence-electron chi connectivity index (χ2n) is 8.90. The fourth-order valence-electron chi connectivity index (χ4n) is 3.96. The Kier molecular flexibility index (Phi) is 9.46. The van der Waals surface area contributed by atoms with Crippen molar-refractivity contribution in [2.75, 3.05) is 11.5 Å². The van der Waals surface area contributed by atoms with Crippen molar-refractivity contribution >= 4 is 57.7 Å². The number of pyridine rings is 1. The van der Waals surface area contributed by atoms with Crippen LogP contribution in [-0.2, 0) is 24.0 Å². The van der Waals surface area contributed by atoms with Crippen molar-refractivity contribution in [1.29, 1.82) is 0 Å². The number of rotatable bonds is 8. The number of oxime groups is 1. The number of phenolic OH excluding ortho intramolecular Hbond substituents is 2. The Labute approximate surface area is 251 Å². The molecule has 1 fully saturated rings. The summed E-state index contributed by atoms with van der Waals surface area (Å²) in [6, 6.07) is 7.83. The average molecular weight is 629 g/mol. The molecule has 1 saturated heterocycles. The highest BCUT2D eigenvalue weighted by atomic mass is 32.2. The molecule has 2 aliphatic heterocycles. The zero-order chi connectivity index (χ0) is 31.3. The number of nitrogens with two attached hydrogens (primary N) is 1. The van der Waals surface area contributed by atoms with Crippen molar-refractivity contribution in [2.24, 2.45) is 5.16 Å². The van der Waals surface area contributed by atoms with E-state index in [1.165, 1.54) is 23.2 Å². The first-order chi connectivity index (χ1) is 20.5. The van der Waals surface area contributed by atoms with Crippen molar-refractivity contribution in [3.05, 3.63) is 76.7 Å². The Balaban J connectivity index is 0.000000628. The first kappa shape index (κ1) is 30.8. The molecule has 17 heteroatoms. The molecule has 7 N–H and O–H groups in total. The molecule has 15 nitrogen and oxygen atoms in total. The van der Waals surface area contributed by atoms with Gasteiger partial charge in [-0.1, -0.05) is 17.3 Å². The molecule has 1 aromatic carbocycles. The van der Waals surface area contributed by atoms with E-state index in [0.29, 0.717) is 11.3 Å². The van der Waals surface area contributed by atoms with E-state index in [9.17, 15) is 39.6 Å². The number of nitrogen functional groups attached to an aromatic ring is 1. The minimum atomic E-state index is -1.79. The van der Waals surface area contributed by atoms with Crippen molar-refractivity contribution in [1.82, 2.24) is 20.2 Å². The fourth-order valence-corrected chi connectivity index (χ4v) is 5.80. The van der Waals surface area contributed by atoms with Crippen LogP contribution in [0.2, 0.25) is 0 Å². The van der Waals surface area contributed by atoms with E-state index in [0.717, 1.165) is 28.4 Å². The Morgan fingerprint density at radius 3 is 2.42 bits per heavy atom. The number of hydrogen-bond donors (Lipinski definition) is 6. The maximum absolute atomic E-state index is 13.1. The topological polar surface area (TPSA) is 238 Å². The first-order valence-corrected chi connectivity index (χ1v) is 14.2. The van der Waals surface area contributed by atoms with Crippen LogP contribution >= 0.6 is 23.1 Å². The number of phenols is 2. The minimum absolute atomic E-state index is 0.0559. The highest BCUT2D eigenvalue weighted by Crippen LogP contribution is 2.40. The Morgan fingerprint density at radius 2 is 1.88 bits per heavy atom. The Hall–Kier alpha value is -5.16. The summed E-state index contributed by atoms with van der Waals surface area (Å²) in [5.74, 6) is -5.08. The largest absolute Gasteiger partial charge is 0.504 e. The number of carbonyl (C=O) groups excluding carboxylic acids is 2. The molecule has 0 radical (unpaired) electrons. The van der Waals surface area contributed by atoms with E-state index in [2.05, 4.69) is 20.4 Å². The van der Waals surface area contributed by atoms with Gasteiger partial charge >= 0.3 is 11.9 Å². The number of fused-ring (bicyclic) bond motifs is 1. The van der Waals surface area contributed by atoms with Gasteiger partial charge in [0.05, 0.1) is 0 Å². The maximum atomic E-state index is 13.1. The van der Waals surface area contributed by atoms with Gasteiger partial charge in [0.2, 0.25) is 6.10 Å². The molecular weight excluding hydrogens is 604 g/mol. The number of benzene rings is 1. The highest BCUT2D eigenvalue weighted by Gasteiger charge is 2.54. The number of nitrogens with zero attached hydrogens (tertiary/aromatic N) is 4. The number of aromatic nitrogens is 2. The molecule has 0 saturated carbocycles. The van der Waals surface area contributed by atoms with Gasteiger partial charge in [-0.3, -0.25) is 19.5 Å². The van der Waals surface area contributed by atoms with Gasteiger partial charge in [0.25, 0.3) is 11.8 Å². The Bertz CT molecular complexity index is 1580. The summed E-state index contributed by atoms with van der Waals surface area (Å²) >= 11 is 2.25. The van der Waals surface area contributed by atoms with E-state index < -0.39 is 58.5 Å². The Morgan fingerprint density at radius 1 is 1.16 bits per heavy atom. The number of carboxylic acid groups (broad SMARTS) is 2. The molecule has 5 rings (SSSR count). The third kappa shape index (κ3) is 6.84. The van der Waals surface area contributed by atoms with Crippen molar-refractivity contribution in [2.45, 2.75) is 24.4 Å². The van der Waals surface area contributed by atoms with Crippen LogP contribution < -0.4 is 11.1 Å².